The molecule has 24 heavy (non-hydrogen) atoms. The lowest BCUT2D eigenvalue weighted by atomic mass is 10.0. The first-order valence-corrected chi connectivity index (χ1v) is 8.75. The third-order valence-corrected chi connectivity index (χ3v) is 3.69. The number of nitrogens with one attached hydrogen (secondary N) is 2. The number of rotatable bonds is 12. The van der Waals surface area contributed by atoms with Gasteiger partial charge in [-0.15, -0.1) is 34.2 Å². The van der Waals surface area contributed by atoms with Crippen LogP contribution in [-0.4, -0.2) is 52.1 Å². The predicted molar refractivity (Wildman–Crippen MR) is 109 cm³/mol. The molecular weight excluding hydrogens is 419 g/mol. The minimum atomic E-state index is 0. The molecule has 1 atom stereocenters. The zero-order chi connectivity index (χ0) is 16.8. The van der Waals surface area contributed by atoms with Crippen LogP contribution in [0.2, 0.25) is 0 Å². The molecule has 0 amide bonds. The Morgan fingerprint density at radius 2 is 1.92 bits per heavy atom. The largest absolute Gasteiger partial charge is 0.396 e. The molecule has 1 aromatic heterocycles. The Morgan fingerprint density at radius 3 is 2.54 bits per heavy atom. The fraction of sp³-hybridized carbons (Fsp3) is 0.812. The van der Waals surface area contributed by atoms with Crippen LogP contribution in [0.15, 0.2) is 17.6 Å². The van der Waals surface area contributed by atoms with Crippen molar-refractivity contribution in [3.05, 3.63) is 12.7 Å². The summed E-state index contributed by atoms with van der Waals surface area (Å²) in [5, 5.41) is 23.4. The van der Waals surface area contributed by atoms with E-state index in [2.05, 4.69) is 39.7 Å². The van der Waals surface area contributed by atoms with Gasteiger partial charge < -0.3 is 20.3 Å². The summed E-state index contributed by atoms with van der Waals surface area (Å²) in [4.78, 5) is 4.66. The van der Waals surface area contributed by atoms with Crippen molar-refractivity contribution in [2.45, 2.75) is 52.5 Å². The van der Waals surface area contributed by atoms with Crippen molar-refractivity contribution in [3.63, 3.8) is 0 Å². The van der Waals surface area contributed by atoms with Gasteiger partial charge in [0, 0.05) is 32.8 Å². The molecule has 0 aliphatic heterocycles. The SMILES string of the molecule is CCCC(CCO)CN=C(NCC)NCCCCn1cnnc1.I. The lowest BCUT2D eigenvalue weighted by Crippen LogP contribution is -2.38. The van der Waals surface area contributed by atoms with Crippen LogP contribution in [0.3, 0.4) is 0 Å². The number of halogens is 1. The van der Waals surface area contributed by atoms with Gasteiger partial charge >= 0.3 is 0 Å². The number of aryl methyl sites for hydroxylation is 1. The van der Waals surface area contributed by atoms with Crippen LogP contribution < -0.4 is 10.6 Å². The maximum absolute atomic E-state index is 9.12. The summed E-state index contributed by atoms with van der Waals surface area (Å²) in [5.41, 5.74) is 0. The Labute approximate surface area is 162 Å². The second kappa shape index (κ2) is 15.6. The van der Waals surface area contributed by atoms with Crippen LogP contribution in [0.5, 0.6) is 0 Å². The number of aliphatic imine (C=N–C) groups is 1. The first-order valence-electron chi connectivity index (χ1n) is 8.75. The van der Waals surface area contributed by atoms with Gasteiger partial charge in [-0.3, -0.25) is 4.99 Å². The monoisotopic (exact) mass is 452 g/mol. The molecule has 0 bridgehead atoms. The molecule has 0 spiro atoms. The second-order valence-corrected chi connectivity index (χ2v) is 5.72. The van der Waals surface area contributed by atoms with E-state index >= 15 is 0 Å². The highest BCUT2D eigenvalue weighted by molar-refractivity contribution is 14.0. The van der Waals surface area contributed by atoms with Crippen LogP contribution in [0.4, 0.5) is 0 Å². The number of unbranched alkanes of at least 4 members (excludes halogenated alkanes) is 1. The summed E-state index contributed by atoms with van der Waals surface area (Å²) >= 11 is 0. The van der Waals surface area contributed by atoms with Gasteiger partial charge in [0.05, 0.1) is 0 Å². The van der Waals surface area contributed by atoms with Crippen molar-refractivity contribution < 1.29 is 5.11 Å². The summed E-state index contributed by atoms with van der Waals surface area (Å²) in [7, 11) is 0. The molecule has 0 saturated carbocycles. The molecule has 0 fully saturated rings. The molecule has 0 aromatic carbocycles. The van der Waals surface area contributed by atoms with E-state index in [0.29, 0.717) is 5.92 Å². The Kier molecular flexibility index (Phi) is 15.0. The Balaban J connectivity index is 0.00000529. The summed E-state index contributed by atoms with van der Waals surface area (Å²) in [6, 6.07) is 0. The van der Waals surface area contributed by atoms with E-state index in [1.165, 1.54) is 0 Å². The molecule has 0 aliphatic rings. The highest BCUT2D eigenvalue weighted by Gasteiger charge is 2.07. The molecule has 1 aromatic rings. The molecule has 3 N–H and O–H groups in total. The number of aromatic nitrogens is 3. The molecule has 7 nitrogen and oxygen atoms in total. The number of hydrogen-bond donors (Lipinski definition) is 3. The zero-order valence-electron chi connectivity index (χ0n) is 14.9. The van der Waals surface area contributed by atoms with Gasteiger partial charge in [0.15, 0.2) is 5.96 Å². The van der Waals surface area contributed by atoms with E-state index in [1.54, 1.807) is 12.7 Å². The van der Waals surface area contributed by atoms with E-state index in [9.17, 15) is 0 Å². The third kappa shape index (κ3) is 10.8. The first kappa shape index (κ1) is 23.1. The molecule has 0 radical (unpaired) electrons. The van der Waals surface area contributed by atoms with Gasteiger partial charge in [-0.25, -0.2) is 0 Å². The Bertz CT molecular complexity index is 407. The van der Waals surface area contributed by atoms with Gasteiger partial charge in [0.2, 0.25) is 0 Å². The topological polar surface area (TPSA) is 87.4 Å². The quantitative estimate of drug-likeness (QED) is 0.196. The van der Waals surface area contributed by atoms with Gasteiger partial charge in [-0.05, 0) is 38.5 Å². The molecule has 0 aliphatic carbocycles. The summed E-state index contributed by atoms with van der Waals surface area (Å²) < 4.78 is 1.99. The fourth-order valence-corrected chi connectivity index (χ4v) is 2.44. The fourth-order valence-electron chi connectivity index (χ4n) is 2.44. The molecule has 1 heterocycles. The number of nitrogens with zero attached hydrogens (tertiary/aromatic N) is 4. The van der Waals surface area contributed by atoms with Crippen molar-refractivity contribution in [2.24, 2.45) is 10.9 Å². The van der Waals surface area contributed by atoms with E-state index in [-0.39, 0.29) is 30.6 Å². The third-order valence-electron chi connectivity index (χ3n) is 3.69. The number of hydrogen-bond acceptors (Lipinski definition) is 4. The molecular formula is C16H33IN6O. The van der Waals surface area contributed by atoms with Crippen LogP contribution in [0.25, 0.3) is 0 Å². The maximum atomic E-state index is 9.12. The summed E-state index contributed by atoms with van der Waals surface area (Å²) in [6.07, 6.45) is 8.71. The zero-order valence-corrected chi connectivity index (χ0v) is 17.3. The molecule has 0 saturated heterocycles. The van der Waals surface area contributed by atoms with Crippen LogP contribution in [0, 0.1) is 5.92 Å². The Morgan fingerprint density at radius 1 is 1.17 bits per heavy atom. The number of guanidine groups is 1. The average Bonchev–Trinajstić information content (AvgIpc) is 3.05. The minimum Gasteiger partial charge on any atom is -0.396 e. The highest BCUT2D eigenvalue weighted by Crippen LogP contribution is 2.10. The Hall–Kier alpha value is -0.900. The van der Waals surface area contributed by atoms with Crippen molar-refractivity contribution in [1.29, 1.82) is 0 Å². The molecule has 1 rings (SSSR count). The van der Waals surface area contributed by atoms with Crippen molar-refractivity contribution in [3.8, 4) is 0 Å². The second-order valence-electron chi connectivity index (χ2n) is 5.72. The van der Waals surface area contributed by atoms with E-state index in [4.69, 9.17) is 5.11 Å². The molecule has 8 heteroatoms. The van der Waals surface area contributed by atoms with Gasteiger partial charge in [0.25, 0.3) is 0 Å². The lowest BCUT2D eigenvalue weighted by molar-refractivity contribution is 0.253. The van der Waals surface area contributed by atoms with Gasteiger partial charge in [-0.1, -0.05) is 13.3 Å². The van der Waals surface area contributed by atoms with E-state index in [1.807, 2.05) is 4.57 Å². The predicted octanol–water partition coefficient (Wildman–Crippen LogP) is 2.03. The standard InChI is InChI=1S/C16H32N6O.HI/c1-3-7-15(8-11-23)12-19-16(17-4-2)18-9-5-6-10-22-13-20-21-14-22;/h13-15,23H,3-12H2,1-2H3,(H2,17,18,19);1H. The van der Waals surface area contributed by atoms with Crippen molar-refractivity contribution in [2.75, 3.05) is 26.2 Å². The normalized spacial score (nSPS) is 12.5. The van der Waals surface area contributed by atoms with E-state index in [0.717, 1.165) is 64.2 Å². The van der Waals surface area contributed by atoms with Crippen LogP contribution in [0.1, 0.15) is 46.0 Å². The first-order chi connectivity index (χ1) is 11.3. The average molecular weight is 452 g/mol. The number of aliphatic hydroxyl groups is 1. The van der Waals surface area contributed by atoms with Crippen LogP contribution in [-0.2, 0) is 6.54 Å². The molecule has 140 valence electrons. The minimum absolute atomic E-state index is 0. The van der Waals surface area contributed by atoms with Gasteiger partial charge in [0.1, 0.15) is 12.7 Å². The van der Waals surface area contributed by atoms with Crippen molar-refractivity contribution in [1.82, 2.24) is 25.4 Å². The smallest absolute Gasteiger partial charge is 0.191 e. The number of aliphatic hydroxyl groups excluding tert-OH is 1. The highest BCUT2D eigenvalue weighted by atomic mass is 127. The summed E-state index contributed by atoms with van der Waals surface area (Å²) in [5.74, 6) is 1.34. The van der Waals surface area contributed by atoms with E-state index < -0.39 is 0 Å². The lowest BCUT2D eigenvalue weighted by Gasteiger charge is -2.15. The summed E-state index contributed by atoms with van der Waals surface area (Å²) in [6.45, 7) is 7.94. The van der Waals surface area contributed by atoms with Crippen molar-refractivity contribution >= 4 is 29.9 Å². The van der Waals surface area contributed by atoms with Crippen LogP contribution >= 0.6 is 24.0 Å². The maximum Gasteiger partial charge on any atom is 0.191 e. The molecule has 1 unspecified atom stereocenters. The van der Waals surface area contributed by atoms with Gasteiger partial charge in [-0.2, -0.15) is 0 Å².